The molecule has 1 aliphatic rings. The number of nitrogens with zero attached hydrogens (tertiary/aromatic N) is 1. The predicted octanol–water partition coefficient (Wildman–Crippen LogP) is 5.24. The van der Waals surface area contributed by atoms with E-state index >= 15 is 0 Å². The maximum Gasteiger partial charge on any atom is 0.229 e. The second-order valence-corrected chi connectivity index (χ2v) is 8.09. The minimum absolute atomic E-state index is 0.0772. The fraction of sp³-hybridized carbons (Fsp3) is 0.167. The molecule has 1 N–H and O–H groups in total. The monoisotopic (exact) mass is 480 g/mol. The van der Waals surface area contributed by atoms with Crippen LogP contribution >= 0.6 is 15.9 Å². The van der Waals surface area contributed by atoms with Crippen LogP contribution in [0.25, 0.3) is 0 Å². The highest BCUT2D eigenvalue weighted by atomic mass is 79.9. The standard InChI is InChI=1S/C24H21BrN2O4/c1-30-22-4-2-3-19(14-22)27-15-16(13-23(27)28)24(29)26-18-7-11-21(12-8-18)31-20-9-5-17(25)6-10-20/h2-12,14,16H,13,15H2,1H3,(H,26,29)/t16-/m1/s1. The van der Waals surface area contributed by atoms with Crippen LogP contribution in [0.5, 0.6) is 17.2 Å². The molecule has 31 heavy (non-hydrogen) atoms. The molecule has 0 spiro atoms. The molecule has 0 aliphatic carbocycles. The maximum absolute atomic E-state index is 12.7. The van der Waals surface area contributed by atoms with Gasteiger partial charge < -0.3 is 19.7 Å². The fourth-order valence-electron chi connectivity index (χ4n) is 3.40. The quantitative estimate of drug-likeness (QED) is 0.523. The Kier molecular flexibility index (Phi) is 6.23. The molecule has 1 saturated heterocycles. The Morgan fingerprint density at radius 2 is 1.68 bits per heavy atom. The van der Waals surface area contributed by atoms with E-state index in [2.05, 4.69) is 21.2 Å². The number of amides is 2. The van der Waals surface area contributed by atoms with E-state index in [0.717, 1.165) is 15.9 Å². The van der Waals surface area contributed by atoms with Gasteiger partial charge in [0.1, 0.15) is 17.2 Å². The largest absolute Gasteiger partial charge is 0.497 e. The van der Waals surface area contributed by atoms with E-state index in [4.69, 9.17) is 9.47 Å². The first-order chi connectivity index (χ1) is 15.0. The van der Waals surface area contributed by atoms with Gasteiger partial charge in [0.15, 0.2) is 0 Å². The van der Waals surface area contributed by atoms with Crippen molar-refractivity contribution in [2.45, 2.75) is 6.42 Å². The third-order valence-electron chi connectivity index (χ3n) is 5.03. The van der Waals surface area contributed by atoms with Crippen LogP contribution in [0.15, 0.2) is 77.3 Å². The molecule has 158 valence electrons. The Bertz CT molecular complexity index is 1080. The summed E-state index contributed by atoms with van der Waals surface area (Å²) in [5.41, 5.74) is 1.38. The van der Waals surface area contributed by atoms with Crippen molar-refractivity contribution in [2.24, 2.45) is 5.92 Å². The van der Waals surface area contributed by atoms with E-state index in [1.807, 2.05) is 42.5 Å². The van der Waals surface area contributed by atoms with Crippen LogP contribution in [0.4, 0.5) is 11.4 Å². The predicted molar refractivity (Wildman–Crippen MR) is 123 cm³/mol. The molecular weight excluding hydrogens is 460 g/mol. The average molecular weight is 481 g/mol. The Morgan fingerprint density at radius 3 is 2.35 bits per heavy atom. The lowest BCUT2D eigenvalue weighted by molar-refractivity contribution is -0.122. The van der Waals surface area contributed by atoms with Gasteiger partial charge in [0.2, 0.25) is 11.8 Å². The van der Waals surface area contributed by atoms with Crippen molar-refractivity contribution in [1.82, 2.24) is 0 Å². The fourth-order valence-corrected chi connectivity index (χ4v) is 3.66. The zero-order chi connectivity index (χ0) is 21.8. The molecule has 0 saturated carbocycles. The van der Waals surface area contributed by atoms with Gasteiger partial charge in [-0.3, -0.25) is 9.59 Å². The molecule has 7 heteroatoms. The number of hydrogen-bond donors (Lipinski definition) is 1. The van der Waals surface area contributed by atoms with Gasteiger partial charge in [-0.25, -0.2) is 0 Å². The normalized spacial score (nSPS) is 15.6. The number of nitrogens with one attached hydrogen (secondary N) is 1. The van der Waals surface area contributed by atoms with Gasteiger partial charge in [-0.2, -0.15) is 0 Å². The summed E-state index contributed by atoms with van der Waals surface area (Å²) in [6.45, 7) is 0.336. The second-order valence-electron chi connectivity index (χ2n) is 7.18. The summed E-state index contributed by atoms with van der Waals surface area (Å²) in [5, 5.41) is 2.89. The summed E-state index contributed by atoms with van der Waals surface area (Å²) in [7, 11) is 1.58. The molecule has 2 amide bonds. The van der Waals surface area contributed by atoms with Gasteiger partial charge in [0.05, 0.1) is 13.0 Å². The molecule has 1 atom stereocenters. The van der Waals surface area contributed by atoms with E-state index in [1.165, 1.54) is 0 Å². The molecule has 3 aromatic rings. The van der Waals surface area contributed by atoms with Crippen molar-refractivity contribution in [2.75, 3.05) is 23.9 Å². The number of carbonyl (C=O) groups excluding carboxylic acids is 2. The van der Waals surface area contributed by atoms with Crippen LogP contribution in [0.2, 0.25) is 0 Å². The minimum atomic E-state index is -0.419. The summed E-state index contributed by atoms with van der Waals surface area (Å²) >= 11 is 3.39. The first kappa shape index (κ1) is 20.9. The Morgan fingerprint density at radius 1 is 1.00 bits per heavy atom. The van der Waals surface area contributed by atoms with Gasteiger partial charge >= 0.3 is 0 Å². The summed E-state index contributed by atoms with van der Waals surface area (Å²) in [5.74, 6) is 1.38. The number of benzene rings is 3. The third-order valence-corrected chi connectivity index (χ3v) is 5.56. The van der Waals surface area contributed by atoms with Crippen LogP contribution < -0.4 is 19.7 Å². The molecular formula is C24H21BrN2O4. The number of hydrogen-bond acceptors (Lipinski definition) is 4. The van der Waals surface area contributed by atoms with Crippen LogP contribution in [0, 0.1) is 5.92 Å². The number of carbonyl (C=O) groups is 2. The highest BCUT2D eigenvalue weighted by Gasteiger charge is 2.35. The SMILES string of the molecule is COc1cccc(N2C[C@H](C(=O)Nc3ccc(Oc4ccc(Br)cc4)cc3)CC2=O)c1. The van der Waals surface area contributed by atoms with E-state index in [-0.39, 0.29) is 18.2 Å². The number of methoxy groups -OCH3 is 1. The topological polar surface area (TPSA) is 67.9 Å². The minimum Gasteiger partial charge on any atom is -0.497 e. The lowest BCUT2D eigenvalue weighted by Gasteiger charge is -2.17. The Balaban J connectivity index is 1.37. The zero-order valence-corrected chi connectivity index (χ0v) is 18.5. The van der Waals surface area contributed by atoms with Crippen LogP contribution in [-0.2, 0) is 9.59 Å². The van der Waals surface area contributed by atoms with Crippen molar-refractivity contribution in [3.63, 3.8) is 0 Å². The first-order valence-corrected chi connectivity index (χ1v) is 10.6. The number of halogens is 1. The van der Waals surface area contributed by atoms with Crippen LogP contribution in [0.3, 0.4) is 0 Å². The third kappa shape index (κ3) is 5.06. The Hall–Kier alpha value is -3.32. The molecule has 0 unspecified atom stereocenters. The van der Waals surface area contributed by atoms with E-state index in [9.17, 15) is 9.59 Å². The van der Waals surface area contributed by atoms with E-state index < -0.39 is 5.92 Å². The molecule has 0 bridgehead atoms. The molecule has 1 aliphatic heterocycles. The first-order valence-electron chi connectivity index (χ1n) is 9.80. The summed E-state index contributed by atoms with van der Waals surface area (Å²) in [6.07, 6.45) is 0.174. The van der Waals surface area contributed by atoms with Crippen molar-refractivity contribution in [3.05, 3.63) is 77.3 Å². The number of rotatable bonds is 6. The number of anilines is 2. The van der Waals surface area contributed by atoms with Crippen molar-refractivity contribution >= 4 is 39.1 Å². The lowest BCUT2D eigenvalue weighted by atomic mass is 10.1. The lowest BCUT2D eigenvalue weighted by Crippen LogP contribution is -2.28. The van der Waals surface area contributed by atoms with Crippen LogP contribution in [-0.4, -0.2) is 25.5 Å². The Labute approximate surface area is 188 Å². The zero-order valence-electron chi connectivity index (χ0n) is 16.9. The molecule has 6 nitrogen and oxygen atoms in total. The van der Waals surface area contributed by atoms with Crippen molar-refractivity contribution in [3.8, 4) is 17.2 Å². The van der Waals surface area contributed by atoms with Crippen molar-refractivity contribution < 1.29 is 19.1 Å². The van der Waals surface area contributed by atoms with Gasteiger partial charge in [0, 0.05) is 34.9 Å². The highest BCUT2D eigenvalue weighted by molar-refractivity contribution is 9.10. The second kappa shape index (κ2) is 9.22. The highest BCUT2D eigenvalue weighted by Crippen LogP contribution is 2.29. The molecule has 3 aromatic carbocycles. The van der Waals surface area contributed by atoms with Crippen molar-refractivity contribution in [1.29, 1.82) is 0 Å². The maximum atomic E-state index is 12.7. The van der Waals surface area contributed by atoms with Crippen LogP contribution in [0.1, 0.15) is 6.42 Å². The van der Waals surface area contributed by atoms with Gasteiger partial charge in [0.25, 0.3) is 0 Å². The molecule has 4 rings (SSSR count). The van der Waals surface area contributed by atoms with E-state index in [0.29, 0.717) is 23.7 Å². The molecule has 1 heterocycles. The van der Waals surface area contributed by atoms with E-state index in [1.54, 1.807) is 42.3 Å². The van der Waals surface area contributed by atoms with Gasteiger partial charge in [-0.05, 0) is 60.7 Å². The summed E-state index contributed by atoms with van der Waals surface area (Å²) in [4.78, 5) is 26.8. The van der Waals surface area contributed by atoms with Gasteiger partial charge in [-0.15, -0.1) is 0 Å². The number of ether oxygens (including phenoxy) is 2. The smallest absolute Gasteiger partial charge is 0.229 e. The molecule has 0 aromatic heterocycles. The summed E-state index contributed by atoms with van der Waals surface area (Å²) in [6, 6.07) is 22.0. The van der Waals surface area contributed by atoms with Gasteiger partial charge in [-0.1, -0.05) is 22.0 Å². The molecule has 1 fully saturated rings. The summed E-state index contributed by atoms with van der Waals surface area (Å²) < 4.78 is 12.0. The molecule has 0 radical (unpaired) electrons. The average Bonchev–Trinajstić information content (AvgIpc) is 3.18.